The summed E-state index contributed by atoms with van der Waals surface area (Å²) in [7, 11) is 1.72. The molecule has 20 heavy (non-hydrogen) atoms. The molecule has 2 rings (SSSR count). The lowest BCUT2D eigenvalue weighted by molar-refractivity contribution is 0.406. The van der Waals surface area contributed by atoms with Gasteiger partial charge < -0.3 is 10.1 Å². The van der Waals surface area contributed by atoms with Gasteiger partial charge in [0.2, 0.25) is 0 Å². The second-order valence-corrected chi connectivity index (χ2v) is 7.12. The van der Waals surface area contributed by atoms with E-state index in [0.29, 0.717) is 0 Å². The summed E-state index contributed by atoms with van der Waals surface area (Å²) in [6, 6.07) is 8.53. The topological polar surface area (TPSA) is 21.3 Å². The molecule has 0 bridgehead atoms. The molecule has 1 N–H and O–H groups in total. The van der Waals surface area contributed by atoms with E-state index in [4.69, 9.17) is 4.74 Å². The minimum Gasteiger partial charge on any atom is -0.496 e. The standard InChI is InChI=1S/C15H17Br2NOS/c1-3-18-13(15-12(17)6-7-20-15)9-10-8-11(16)4-5-14(10)19-2/h4-8,13,18H,3,9H2,1-2H3. The van der Waals surface area contributed by atoms with Crippen LogP contribution in [0, 0.1) is 0 Å². The molecule has 2 aromatic rings. The van der Waals surface area contributed by atoms with Gasteiger partial charge in [-0.2, -0.15) is 0 Å². The average Bonchev–Trinajstić information content (AvgIpc) is 2.85. The van der Waals surface area contributed by atoms with Crippen LogP contribution in [0.25, 0.3) is 0 Å². The van der Waals surface area contributed by atoms with Gasteiger partial charge in [-0.25, -0.2) is 0 Å². The van der Waals surface area contributed by atoms with Crippen molar-refractivity contribution in [3.63, 3.8) is 0 Å². The van der Waals surface area contributed by atoms with Crippen molar-refractivity contribution in [1.29, 1.82) is 0 Å². The molecule has 0 saturated carbocycles. The van der Waals surface area contributed by atoms with Crippen LogP contribution in [0.4, 0.5) is 0 Å². The molecule has 0 aliphatic carbocycles. The minimum absolute atomic E-state index is 0.289. The van der Waals surface area contributed by atoms with Gasteiger partial charge in [0.05, 0.1) is 7.11 Å². The lowest BCUT2D eigenvalue weighted by Gasteiger charge is -2.19. The highest BCUT2D eigenvalue weighted by molar-refractivity contribution is 9.10. The summed E-state index contributed by atoms with van der Waals surface area (Å²) >= 11 is 8.94. The SMILES string of the molecule is CCNC(Cc1cc(Br)ccc1OC)c1sccc1Br. The Morgan fingerprint density at radius 2 is 2.10 bits per heavy atom. The van der Waals surface area contributed by atoms with Crippen LogP contribution < -0.4 is 10.1 Å². The zero-order chi connectivity index (χ0) is 14.5. The first kappa shape index (κ1) is 16.0. The smallest absolute Gasteiger partial charge is 0.122 e. The number of ether oxygens (including phenoxy) is 1. The molecule has 1 aromatic carbocycles. The number of thiophene rings is 1. The van der Waals surface area contributed by atoms with E-state index in [1.807, 2.05) is 12.1 Å². The van der Waals surface area contributed by atoms with Gasteiger partial charge in [0.1, 0.15) is 5.75 Å². The Hall–Kier alpha value is -0.360. The van der Waals surface area contributed by atoms with E-state index in [9.17, 15) is 0 Å². The Balaban J connectivity index is 2.29. The van der Waals surface area contributed by atoms with Crippen LogP contribution in [0.15, 0.2) is 38.6 Å². The van der Waals surface area contributed by atoms with Crippen LogP contribution in [0.3, 0.4) is 0 Å². The number of hydrogen-bond acceptors (Lipinski definition) is 3. The van der Waals surface area contributed by atoms with Crippen molar-refractivity contribution in [3.05, 3.63) is 49.0 Å². The number of likely N-dealkylation sites (N-methyl/N-ethyl adjacent to an activating group) is 1. The van der Waals surface area contributed by atoms with Crippen LogP contribution >= 0.6 is 43.2 Å². The summed E-state index contributed by atoms with van der Waals surface area (Å²) in [5, 5.41) is 5.67. The fourth-order valence-electron chi connectivity index (χ4n) is 2.18. The molecule has 0 saturated heterocycles. The van der Waals surface area contributed by atoms with Crippen LogP contribution in [-0.2, 0) is 6.42 Å². The molecule has 0 aliphatic heterocycles. The molecule has 0 fully saturated rings. The highest BCUT2D eigenvalue weighted by Crippen LogP contribution is 2.33. The second-order valence-electron chi connectivity index (χ2n) is 4.40. The first-order valence-electron chi connectivity index (χ1n) is 6.44. The maximum Gasteiger partial charge on any atom is 0.122 e. The van der Waals surface area contributed by atoms with E-state index in [1.54, 1.807) is 18.4 Å². The number of halogens is 2. The third-order valence-electron chi connectivity index (χ3n) is 3.08. The Bertz CT molecular complexity index is 571. The molecule has 108 valence electrons. The Labute approximate surface area is 140 Å². The van der Waals surface area contributed by atoms with E-state index in [2.05, 4.69) is 61.6 Å². The lowest BCUT2D eigenvalue weighted by Crippen LogP contribution is -2.22. The van der Waals surface area contributed by atoms with Crippen molar-refractivity contribution < 1.29 is 4.74 Å². The van der Waals surface area contributed by atoms with Crippen molar-refractivity contribution in [1.82, 2.24) is 5.32 Å². The van der Waals surface area contributed by atoms with Crippen LogP contribution in [0.2, 0.25) is 0 Å². The van der Waals surface area contributed by atoms with Gasteiger partial charge in [-0.3, -0.25) is 0 Å². The predicted octanol–water partition coefficient (Wildman–Crippen LogP) is 5.18. The Morgan fingerprint density at radius 1 is 1.30 bits per heavy atom. The molecular formula is C15H17Br2NOS. The van der Waals surface area contributed by atoms with E-state index in [0.717, 1.165) is 23.2 Å². The van der Waals surface area contributed by atoms with Gasteiger partial charge in [0.15, 0.2) is 0 Å². The van der Waals surface area contributed by atoms with Gasteiger partial charge in [0.25, 0.3) is 0 Å². The maximum atomic E-state index is 5.47. The van der Waals surface area contributed by atoms with Crippen LogP contribution in [0.1, 0.15) is 23.4 Å². The zero-order valence-corrected chi connectivity index (χ0v) is 15.4. The molecule has 1 unspecified atom stereocenters. The van der Waals surface area contributed by atoms with Gasteiger partial charge in [-0.05, 0) is 64.1 Å². The molecule has 0 amide bonds. The number of benzene rings is 1. The lowest BCUT2D eigenvalue weighted by atomic mass is 10.0. The largest absolute Gasteiger partial charge is 0.496 e. The van der Waals surface area contributed by atoms with Crippen molar-refractivity contribution in [2.24, 2.45) is 0 Å². The molecule has 0 spiro atoms. The summed E-state index contributed by atoms with van der Waals surface area (Å²) in [5.74, 6) is 0.934. The molecule has 1 atom stereocenters. The normalized spacial score (nSPS) is 12.4. The van der Waals surface area contributed by atoms with Crippen molar-refractivity contribution in [2.75, 3.05) is 13.7 Å². The molecule has 0 radical (unpaired) electrons. The van der Waals surface area contributed by atoms with E-state index >= 15 is 0 Å². The molecule has 5 heteroatoms. The highest BCUT2D eigenvalue weighted by atomic mass is 79.9. The van der Waals surface area contributed by atoms with E-state index in [-0.39, 0.29) is 6.04 Å². The number of nitrogens with one attached hydrogen (secondary N) is 1. The summed E-state index contributed by atoms with van der Waals surface area (Å²) in [5.41, 5.74) is 1.20. The summed E-state index contributed by atoms with van der Waals surface area (Å²) in [6.45, 7) is 3.07. The predicted molar refractivity (Wildman–Crippen MR) is 92.8 cm³/mol. The van der Waals surface area contributed by atoms with Gasteiger partial charge in [-0.1, -0.05) is 22.9 Å². The zero-order valence-electron chi connectivity index (χ0n) is 11.5. The summed E-state index contributed by atoms with van der Waals surface area (Å²) in [6.07, 6.45) is 0.898. The quantitative estimate of drug-likeness (QED) is 0.698. The monoisotopic (exact) mass is 417 g/mol. The van der Waals surface area contributed by atoms with Gasteiger partial charge >= 0.3 is 0 Å². The van der Waals surface area contributed by atoms with Crippen molar-refractivity contribution >= 4 is 43.2 Å². The molecule has 1 aromatic heterocycles. The third-order valence-corrected chi connectivity index (χ3v) is 5.56. The number of hydrogen-bond donors (Lipinski definition) is 1. The van der Waals surface area contributed by atoms with Crippen LogP contribution in [0.5, 0.6) is 5.75 Å². The fourth-order valence-corrected chi connectivity index (χ4v) is 4.32. The second kappa shape index (κ2) is 7.59. The highest BCUT2D eigenvalue weighted by Gasteiger charge is 2.17. The first-order valence-corrected chi connectivity index (χ1v) is 8.91. The minimum atomic E-state index is 0.289. The molecule has 2 nitrogen and oxygen atoms in total. The molecule has 1 heterocycles. The fraction of sp³-hybridized carbons (Fsp3) is 0.333. The van der Waals surface area contributed by atoms with E-state index in [1.165, 1.54) is 14.9 Å². The average molecular weight is 419 g/mol. The van der Waals surface area contributed by atoms with Crippen molar-refractivity contribution in [2.45, 2.75) is 19.4 Å². The molecule has 0 aliphatic rings. The summed E-state index contributed by atoms with van der Waals surface area (Å²) < 4.78 is 7.72. The first-order chi connectivity index (χ1) is 9.65. The third kappa shape index (κ3) is 3.85. The van der Waals surface area contributed by atoms with Gasteiger partial charge in [0, 0.05) is 19.9 Å². The Kier molecular flexibility index (Phi) is 6.08. The van der Waals surface area contributed by atoms with E-state index < -0.39 is 0 Å². The number of rotatable bonds is 6. The molecular weight excluding hydrogens is 402 g/mol. The summed E-state index contributed by atoms with van der Waals surface area (Å²) in [4.78, 5) is 1.33. The number of methoxy groups -OCH3 is 1. The van der Waals surface area contributed by atoms with Gasteiger partial charge in [-0.15, -0.1) is 11.3 Å². The van der Waals surface area contributed by atoms with Crippen LogP contribution in [-0.4, -0.2) is 13.7 Å². The Morgan fingerprint density at radius 3 is 2.70 bits per heavy atom. The maximum absolute atomic E-state index is 5.47. The van der Waals surface area contributed by atoms with Crippen molar-refractivity contribution in [3.8, 4) is 5.75 Å².